The van der Waals surface area contributed by atoms with Gasteiger partial charge >= 0.3 is 0 Å². The van der Waals surface area contributed by atoms with Gasteiger partial charge in [0, 0.05) is 0 Å². The number of rotatable bonds is 2. The molecule has 1 heterocycles. The monoisotopic (exact) mass is 262 g/mol. The number of nitrogen functional groups attached to an aromatic ring is 1. The van der Waals surface area contributed by atoms with E-state index in [0.29, 0.717) is 5.56 Å². The van der Waals surface area contributed by atoms with Gasteiger partial charge in [-0.15, -0.1) is 0 Å². The number of hydrogen-bond donors (Lipinski definition) is 1. The Morgan fingerprint density at radius 1 is 1.21 bits per heavy atom. The number of anilines is 1. The first-order valence-corrected chi connectivity index (χ1v) is 6.47. The van der Waals surface area contributed by atoms with E-state index in [2.05, 4.69) is 0 Å². The normalized spacial score (nSPS) is 26.1. The van der Waals surface area contributed by atoms with E-state index in [9.17, 15) is 14.0 Å². The third-order valence-corrected chi connectivity index (χ3v) is 4.09. The molecule has 5 heteroatoms. The summed E-state index contributed by atoms with van der Waals surface area (Å²) in [6.45, 7) is 0.141. The molecule has 0 spiro atoms. The van der Waals surface area contributed by atoms with Crippen LogP contribution in [0, 0.1) is 17.7 Å². The van der Waals surface area contributed by atoms with Crippen LogP contribution in [0.15, 0.2) is 18.2 Å². The molecule has 1 aliphatic carbocycles. The lowest BCUT2D eigenvalue weighted by atomic mass is 10.00. The van der Waals surface area contributed by atoms with Crippen LogP contribution in [0.2, 0.25) is 0 Å². The highest BCUT2D eigenvalue weighted by Crippen LogP contribution is 2.40. The van der Waals surface area contributed by atoms with E-state index < -0.39 is 5.82 Å². The van der Waals surface area contributed by atoms with Gasteiger partial charge in [0.15, 0.2) is 0 Å². The van der Waals surface area contributed by atoms with Gasteiger partial charge in [-0.05, 0) is 30.5 Å². The second-order valence-electron chi connectivity index (χ2n) is 5.26. The molecule has 0 aromatic heterocycles. The smallest absolute Gasteiger partial charge is 0.233 e. The van der Waals surface area contributed by atoms with Crippen molar-refractivity contribution in [3.05, 3.63) is 29.6 Å². The molecule has 2 amide bonds. The van der Waals surface area contributed by atoms with Crippen LogP contribution in [0.25, 0.3) is 0 Å². The lowest BCUT2D eigenvalue weighted by Crippen LogP contribution is -2.31. The molecular formula is C14H15FN2O2. The van der Waals surface area contributed by atoms with E-state index in [-0.39, 0.29) is 35.9 Å². The number of benzene rings is 1. The Bertz CT molecular complexity index is 536. The number of nitrogens with zero attached hydrogens (tertiary/aromatic N) is 1. The number of hydrogen-bond acceptors (Lipinski definition) is 3. The number of fused-ring (bicyclic) bond motifs is 1. The van der Waals surface area contributed by atoms with Crippen molar-refractivity contribution in [1.29, 1.82) is 0 Å². The molecule has 19 heavy (non-hydrogen) atoms. The van der Waals surface area contributed by atoms with Crippen LogP contribution in [0.4, 0.5) is 10.1 Å². The van der Waals surface area contributed by atoms with Gasteiger partial charge in [-0.1, -0.05) is 12.5 Å². The average molecular weight is 262 g/mol. The average Bonchev–Trinajstić information content (AvgIpc) is 2.94. The number of carbonyl (C=O) groups is 2. The highest BCUT2D eigenvalue weighted by atomic mass is 19.1. The Kier molecular flexibility index (Phi) is 2.77. The fourth-order valence-electron chi connectivity index (χ4n) is 3.07. The molecule has 0 bridgehead atoms. The highest BCUT2D eigenvalue weighted by molar-refractivity contribution is 6.05. The fourth-order valence-corrected chi connectivity index (χ4v) is 3.07. The lowest BCUT2D eigenvalue weighted by Gasteiger charge is -2.16. The van der Waals surface area contributed by atoms with Crippen LogP contribution >= 0.6 is 0 Å². The SMILES string of the molecule is Nc1ccc(CN2C(=O)C3CCCC3C2=O)cc1F. The molecule has 100 valence electrons. The van der Waals surface area contributed by atoms with Gasteiger partial charge in [-0.25, -0.2) is 4.39 Å². The number of likely N-dealkylation sites (tertiary alicyclic amines) is 1. The van der Waals surface area contributed by atoms with Gasteiger partial charge in [0.2, 0.25) is 11.8 Å². The van der Waals surface area contributed by atoms with Gasteiger partial charge in [0.1, 0.15) is 5.82 Å². The van der Waals surface area contributed by atoms with Crippen molar-refractivity contribution in [2.24, 2.45) is 11.8 Å². The minimum absolute atomic E-state index is 0.0692. The van der Waals surface area contributed by atoms with Gasteiger partial charge in [0.25, 0.3) is 0 Å². The maximum absolute atomic E-state index is 13.4. The van der Waals surface area contributed by atoms with Crippen LogP contribution in [0.1, 0.15) is 24.8 Å². The molecule has 2 aliphatic rings. The quantitative estimate of drug-likeness (QED) is 0.651. The third kappa shape index (κ3) is 1.89. The zero-order valence-electron chi connectivity index (χ0n) is 10.4. The molecule has 2 unspecified atom stereocenters. The van der Waals surface area contributed by atoms with E-state index >= 15 is 0 Å². The van der Waals surface area contributed by atoms with Crippen molar-refractivity contribution < 1.29 is 14.0 Å². The van der Waals surface area contributed by atoms with Crippen molar-refractivity contribution in [2.45, 2.75) is 25.8 Å². The zero-order chi connectivity index (χ0) is 13.6. The molecule has 1 aliphatic heterocycles. The topological polar surface area (TPSA) is 63.4 Å². The Labute approximate surface area is 110 Å². The minimum Gasteiger partial charge on any atom is -0.396 e. The van der Waals surface area contributed by atoms with Crippen molar-refractivity contribution >= 4 is 17.5 Å². The van der Waals surface area contributed by atoms with Gasteiger partial charge in [-0.3, -0.25) is 14.5 Å². The van der Waals surface area contributed by atoms with E-state index in [4.69, 9.17) is 5.73 Å². The van der Waals surface area contributed by atoms with E-state index in [0.717, 1.165) is 19.3 Å². The van der Waals surface area contributed by atoms with Gasteiger partial charge in [0.05, 0.1) is 24.1 Å². The maximum atomic E-state index is 13.4. The van der Waals surface area contributed by atoms with Crippen LogP contribution in [0.5, 0.6) is 0 Å². The van der Waals surface area contributed by atoms with E-state index in [1.54, 1.807) is 6.07 Å². The van der Waals surface area contributed by atoms with Crippen LogP contribution in [-0.2, 0) is 16.1 Å². The Morgan fingerprint density at radius 3 is 2.42 bits per heavy atom. The summed E-state index contributed by atoms with van der Waals surface area (Å²) >= 11 is 0. The molecule has 4 nitrogen and oxygen atoms in total. The van der Waals surface area contributed by atoms with Crippen molar-refractivity contribution in [1.82, 2.24) is 4.90 Å². The summed E-state index contributed by atoms with van der Waals surface area (Å²) in [6.07, 6.45) is 2.53. The zero-order valence-corrected chi connectivity index (χ0v) is 10.4. The first-order valence-electron chi connectivity index (χ1n) is 6.47. The number of imide groups is 1. The number of amides is 2. The maximum Gasteiger partial charge on any atom is 0.233 e. The summed E-state index contributed by atoms with van der Waals surface area (Å²) in [5.41, 5.74) is 6.06. The minimum atomic E-state index is -0.517. The van der Waals surface area contributed by atoms with Gasteiger partial charge < -0.3 is 5.73 Å². The van der Waals surface area contributed by atoms with E-state index in [1.165, 1.54) is 17.0 Å². The van der Waals surface area contributed by atoms with Crippen molar-refractivity contribution in [3.63, 3.8) is 0 Å². The molecular weight excluding hydrogens is 247 g/mol. The second kappa shape index (κ2) is 4.33. The Morgan fingerprint density at radius 2 is 1.84 bits per heavy atom. The summed E-state index contributed by atoms with van der Waals surface area (Å²) in [6, 6.07) is 4.38. The Balaban J connectivity index is 1.81. The van der Waals surface area contributed by atoms with Gasteiger partial charge in [-0.2, -0.15) is 0 Å². The molecule has 1 saturated carbocycles. The molecule has 1 aromatic carbocycles. The summed E-state index contributed by atoms with van der Waals surface area (Å²) in [5.74, 6) is -1.02. The largest absolute Gasteiger partial charge is 0.396 e. The lowest BCUT2D eigenvalue weighted by molar-refractivity contribution is -0.141. The predicted octanol–water partition coefficient (Wildman–Crippen LogP) is 1.69. The number of nitrogens with two attached hydrogens (primary N) is 1. The third-order valence-electron chi connectivity index (χ3n) is 4.09. The standard InChI is InChI=1S/C14H15FN2O2/c15-11-6-8(4-5-12(11)16)7-17-13(18)9-2-1-3-10(9)14(17)19/h4-6,9-10H,1-3,7,16H2. The summed E-state index contributed by atoms with van der Waals surface area (Å²) in [7, 11) is 0. The van der Waals surface area contributed by atoms with Crippen molar-refractivity contribution in [2.75, 3.05) is 5.73 Å². The van der Waals surface area contributed by atoms with E-state index in [1.807, 2.05) is 0 Å². The number of halogens is 1. The predicted molar refractivity (Wildman–Crippen MR) is 67.2 cm³/mol. The number of carbonyl (C=O) groups excluding carboxylic acids is 2. The molecule has 3 rings (SSSR count). The summed E-state index contributed by atoms with van der Waals surface area (Å²) in [4.78, 5) is 25.5. The molecule has 2 N–H and O–H groups in total. The molecule has 0 radical (unpaired) electrons. The first kappa shape index (κ1) is 12.1. The van der Waals surface area contributed by atoms with Crippen molar-refractivity contribution in [3.8, 4) is 0 Å². The molecule has 2 fully saturated rings. The second-order valence-corrected chi connectivity index (χ2v) is 5.26. The molecule has 1 aromatic rings. The van der Waals surface area contributed by atoms with Crippen LogP contribution < -0.4 is 5.73 Å². The highest BCUT2D eigenvalue weighted by Gasteiger charge is 2.49. The first-order chi connectivity index (χ1) is 9.08. The summed E-state index contributed by atoms with van der Waals surface area (Å²) in [5, 5.41) is 0. The Hall–Kier alpha value is -1.91. The molecule has 1 saturated heterocycles. The summed E-state index contributed by atoms with van der Waals surface area (Å²) < 4.78 is 13.4. The van der Waals surface area contributed by atoms with Crippen LogP contribution in [0.3, 0.4) is 0 Å². The van der Waals surface area contributed by atoms with Crippen LogP contribution in [-0.4, -0.2) is 16.7 Å². The molecule has 2 atom stereocenters. The fraction of sp³-hybridized carbons (Fsp3) is 0.429.